The molecule has 1 aliphatic heterocycles. The molecule has 0 spiro atoms. The Balaban J connectivity index is 1.85. The fourth-order valence-electron chi connectivity index (χ4n) is 5.24. The molecule has 0 bridgehead atoms. The van der Waals surface area contributed by atoms with Crippen LogP contribution in [0, 0.1) is 11.8 Å². The zero-order valence-corrected chi connectivity index (χ0v) is 17.6. The first-order valence-corrected chi connectivity index (χ1v) is 10.9. The predicted octanol–water partition coefficient (Wildman–Crippen LogP) is 6.90. The highest BCUT2D eigenvalue weighted by Crippen LogP contribution is 2.55. The number of aryl methyl sites for hydroxylation is 1. The quantitative estimate of drug-likeness (QED) is 0.494. The molecule has 0 radical (unpaired) electrons. The van der Waals surface area contributed by atoms with E-state index in [-0.39, 0.29) is 5.60 Å². The van der Waals surface area contributed by atoms with Crippen LogP contribution in [-0.2, 0) is 6.42 Å². The van der Waals surface area contributed by atoms with E-state index in [9.17, 15) is 0 Å². The van der Waals surface area contributed by atoms with Crippen molar-refractivity contribution in [2.24, 2.45) is 11.8 Å². The van der Waals surface area contributed by atoms with Gasteiger partial charge in [-0.15, -0.1) is 0 Å². The third-order valence-corrected chi connectivity index (χ3v) is 6.70. The zero-order chi connectivity index (χ0) is 18.7. The molecule has 0 saturated heterocycles. The summed E-state index contributed by atoms with van der Waals surface area (Å²) >= 11 is 0. The summed E-state index contributed by atoms with van der Waals surface area (Å²) in [6, 6.07) is 4.60. The highest BCUT2D eigenvalue weighted by Gasteiger charge is 2.47. The fourth-order valence-corrected chi connectivity index (χ4v) is 5.24. The summed E-state index contributed by atoms with van der Waals surface area (Å²) in [6.07, 6.45) is 11.6. The molecular weight excluding hydrogens is 320 g/mol. The minimum absolute atomic E-state index is 0.0808. The van der Waals surface area contributed by atoms with Crippen LogP contribution in [0.5, 0.6) is 11.5 Å². The second-order valence-corrected chi connectivity index (χ2v) is 9.21. The topological polar surface area (TPSA) is 18.5 Å². The van der Waals surface area contributed by atoms with Crippen LogP contribution in [0.4, 0.5) is 0 Å². The number of ether oxygens (including phenoxy) is 2. The molecule has 0 N–H and O–H groups in total. The van der Waals surface area contributed by atoms with E-state index >= 15 is 0 Å². The van der Waals surface area contributed by atoms with E-state index < -0.39 is 0 Å². The summed E-state index contributed by atoms with van der Waals surface area (Å²) in [5, 5.41) is 0. The van der Waals surface area contributed by atoms with Gasteiger partial charge in [0.1, 0.15) is 17.1 Å². The van der Waals surface area contributed by atoms with Crippen molar-refractivity contribution < 1.29 is 9.47 Å². The number of methoxy groups -OCH3 is 1. The Morgan fingerprint density at radius 3 is 2.62 bits per heavy atom. The Bertz CT molecular complexity index is 604. The highest BCUT2D eigenvalue weighted by molar-refractivity contribution is 5.52. The van der Waals surface area contributed by atoms with Gasteiger partial charge in [0, 0.05) is 11.5 Å². The van der Waals surface area contributed by atoms with Crippen LogP contribution in [0.1, 0.15) is 96.1 Å². The Labute approximate surface area is 160 Å². The highest BCUT2D eigenvalue weighted by atomic mass is 16.5. The van der Waals surface area contributed by atoms with Gasteiger partial charge in [0.2, 0.25) is 0 Å². The van der Waals surface area contributed by atoms with Gasteiger partial charge in [0.15, 0.2) is 0 Å². The van der Waals surface area contributed by atoms with Crippen LogP contribution in [0.25, 0.3) is 0 Å². The van der Waals surface area contributed by atoms with Gasteiger partial charge in [-0.25, -0.2) is 0 Å². The number of rotatable bonds is 7. The Hall–Kier alpha value is -1.18. The minimum atomic E-state index is -0.0808. The predicted molar refractivity (Wildman–Crippen MR) is 109 cm³/mol. The number of benzene rings is 1. The van der Waals surface area contributed by atoms with Gasteiger partial charge in [-0.3, -0.25) is 0 Å². The van der Waals surface area contributed by atoms with E-state index in [1.54, 1.807) is 0 Å². The van der Waals surface area contributed by atoms with Crippen LogP contribution < -0.4 is 9.47 Å². The van der Waals surface area contributed by atoms with Crippen LogP contribution in [0.2, 0.25) is 0 Å². The van der Waals surface area contributed by atoms with Gasteiger partial charge < -0.3 is 9.47 Å². The smallest absolute Gasteiger partial charge is 0.127 e. The van der Waals surface area contributed by atoms with Crippen LogP contribution >= 0.6 is 0 Å². The summed E-state index contributed by atoms with van der Waals surface area (Å²) in [4.78, 5) is 0. The molecule has 1 fully saturated rings. The van der Waals surface area contributed by atoms with E-state index in [0.29, 0.717) is 11.8 Å². The Morgan fingerprint density at radius 1 is 1.12 bits per heavy atom. The zero-order valence-electron chi connectivity index (χ0n) is 17.6. The third-order valence-electron chi connectivity index (χ3n) is 6.70. The molecule has 146 valence electrons. The summed E-state index contributed by atoms with van der Waals surface area (Å²) in [5.74, 6) is 4.12. The van der Waals surface area contributed by atoms with E-state index in [2.05, 4.69) is 39.8 Å². The van der Waals surface area contributed by atoms with Crippen LogP contribution in [0.15, 0.2) is 12.1 Å². The lowest BCUT2D eigenvalue weighted by molar-refractivity contribution is -0.0146. The van der Waals surface area contributed by atoms with Gasteiger partial charge in [0.05, 0.1) is 7.11 Å². The maximum absolute atomic E-state index is 6.57. The first-order chi connectivity index (χ1) is 12.5. The molecule has 1 aromatic carbocycles. The van der Waals surface area contributed by atoms with Crippen molar-refractivity contribution in [3.8, 4) is 11.5 Å². The molecular formula is C24H38O2. The lowest BCUT2D eigenvalue weighted by Crippen LogP contribution is -2.46. The summed E-state index contributed by atoms with van der Waals surface area (Å²) in [7, 11) is 1.82. The van der Waals surface area contributed by atoms with E-state index in [0.717, 1.165) is 23.8 Å². The van der Waals surface area contributed by atoms with Gasteiger partial charge in [-0.05, 0) is 69.1 Å². The molecule has 1 saturated carbocycles. The number of hydrogen-bond donors (Lipinski definition) is 0. The second-order valence-electron chi connectivity index (χ2n) is 9.21. The first-order valence-electron chi connectivity index (χ1n) is 10.9. The summed E-state index contributed by atoms with van der Waals surface area (Å²) < 4.78 is 12.4. The number of hydrogen-bond acceptors (Lipinski definition) is 2. The fraction of sp³-hybridized carbons (Fsp3) is 0.750. The van der Waals surface area contributed by atoms with Crippen molar-refractivity contribution in [3.63, 3.8) is 0 Å². The molecule has 0 aromatic heterocycles. The van der Waals surface area contributed by atoms with E-state index in [1.807, 2.05) is 7.11 Å². The van der Waals surface area contributed by atoms with Gasteiger partial charge in [-0.2, -0.15) is 0 Å². The molecule has 0 amide bonds. The molecule has 1 heterocycles. The molecule has 2 nitrogen and oxygen atoms in total. The normalized spacial score (nSPS) is 26.6. The minimum Gasteiger partial charge on any atom is -0.496 e. The average Bonchev–Trinajstić information content (AvgIpc) is 2.60. The molecule has 3 atom stereocenters. The summed E-state index contributed by atoms with van der Waals surface area (Å²) in [6.45, 7) is 9.24. The van der Waals surface area contributed by atoms with Crippen molar-refractivity contribution in [1.82, 2.24) is 0 Å². The summed E-state index contributed by atoms with van der Waals surface area (Å²) in [5.41, 5.74) is 2.64. The van der Waals surface area contributed by atoms with Crippen LogP contribution in [0.3, 0.4) is 0 Å². The SMILES string of the molecule is CCCCCCCc1cc(OC)c2c(c1)OC(C)(C)C1CCC(C)CC21. The molecule has 2 aliphatic rings. The molecule has 3 unspecified atom stereocenters. The van der Waals surface area contributed by atoms with Crippen molar-refractivity contribution in [2.75, 3.05) is 7.11 Å². The van der Waals surface area contributed by atoms with Crippen molar-refractivity contribution in [2.45, 2.75) is 97.0 Å². The number of fused-ring (bicyclic) bond motifs is 3. The third kappa shape index (κ3) is 4.05. The number of unbranched alkanes of at least 4 members (excludes halogenated alkanes) is 4. The largest absolute Gasteiger partial charge is 0.496 e. The van der Waals surface area contributed by atoms with Crippen molar-refractivity contribution >= 4 is 0 Å². The maximum atomic E-state index is 6.57. The van der Waals surface area contributed by atoms with Crippen molar-refractivity contribution in [1.29, 1.82) is 0 Å². The second kappa shape index (κ2) is 8.23. The van der Waals surface area contributed by atoms with Crippen LogP contribution in [-0.4, -0.2) is 12.7 Å². The van der Waals surface area contributed by atoms with Gasteiger partial charge in [-0.1, -0.05) is 46.0 Å². The maximum Gasteiger partial charge on any atom is 0.127 e. The Kier molecular flexibility index (Phi) is 6.20. The van der Waals surface area contributed by atoms with Crippen molar-refractivity contribution in [3.05, 3.63) is 23.3 Å². The molecule has 1 aliphatic carbocycles. The monoisotopic (exact) mass is 358 g/mol. The van der Waals surface area contributed by atoms with Gasteiger partial charge >= 0.3 is 0 Å². The average molecular weight is 359 g/mol. The van der Waals surface area contributed by atoms with E-state index in [1.165, 1.54) is 62.5 Å². The molecule has 3 rings (SSSR count). The van der Waals surface area contributed by atoms with Gasteiger partial charge in [0.25, 0.3) is 0 Å². The lowest BCUT2D eigenvalue weighted by Gasteiger charge is -2.49. The molecule has 2 heteroatoms. The lowest BCUT2D eigenvalue weighted by atomic mass is 9.64. The molecule has 1 aromatic rings. The molecule has 26 heavy (non-hydrogen) atoms. The Morgan fingerprint density at radius 2 is 1.88 bits per heavy atom. The first kappa shape index (κ1) is 19.6. The van der Waals surface area contributed by atoms with E-state index in [4.69, 9.17) is 9.47 Å². The standard InChI is InChI=1S/C24H38O2/c1-6-7-8-9-10-11-18-15-21(25-5)23-19-14-17(2)12-13-20(19)24(3,4)26-22(23)16-18/h15-17,19-20H,6-14H2,1-5H3.